The molecule has 0 bridgehead atoms. The van der Waals surface area contributed by atoms with E-state index in [0.29, 0.717) is 6.04 Å². The zero-order valence-electron chi connectivity index (χ0n) is 8.48. The van der Waals surface area contributed by atoms with E-state index in [0.717, 1.165) is 0 Å². The number of hydrogen-bond acceptors (Lipinski definition) is 5. The third kappa shape index (κ3) is 3.76. The van der Waals surface area contributed by atoms with Crippen molar-refractivity contribution in [1.82, 2.24) is 0 Å². The second-order valence-corrected chi connectivity index (χ2v) is 5.89. The Balaban J connectivity index is 4.24. The Kier molecular flexibility index (Phi) is 5.77. The van der Waals surface area contributed by atoms with E-state index in [1.165, 1.54) is 21.3 Å². The minimum Gasteiger partial charge on any atom is -0.427 e. The van der Waals surface area contributed by atoms with Crippen molar-refractivity contribution in [2.75, 3.05) is 21.3 Å². The highest BCUT2D eigenvalue weighted by Gasteiger charge is 2.41. The quantitative estimate of drug-likeness (QED) is 0.588. The fourth-order valence-electron chi connectivity index (χ4n) is 1.000. The molecule has 0 amide bonds. The molecule has 0 aromatic rings. The Morgan fingerprint density at radius 3 is 1.77 bits per heavy atom. The second-order valence-electron chi connectivity index (χ2n) is 2.89. The van der Waals surface area contributed by atoms with E-state index >= 15 is 0 Å². The highest BCUT2D eigenvalue weighted by molar-refractivity contribution is 6.62. The average Bonchev–Trinajstić information content (AvgIpc) is 2.14. The molecule has 0 saturated heterocycles. The molecule has 0 heterocycles. The maximum atomic E-state index is 8.88. The number of rotatable bonds is 6. The second kappa shape index (κ2) is 5.74. The predicted octanol–water partition coefficient (Wildman–Crippen LogP) is -0.273. The largest absolute Gasteiger partial charge is 0.499 e. The fraction of sp³-hybridized carbons (Fsp3) is 1.00. The molecule has 0 aliphatic heterocycles. The summed E-state index contributed by atoms with van der Waals surface area (Å²) in [6.07, 6.45) is 0. The maximum absolute atomic E-state index is 8.88. The van der Waals surface area contributed by atoms with Gasteiger partial charge in [-0.1, -0.05) is 6.92 Å². The molecule has 0 spiro atoms. The normalized spacial score (nSPS) is 14.3. The van der Waals surface area contributed by atoms with Gasteiger partial charge >= 0.3 is 15.9 Å². The van der Waals surface area contributed by atoms with Gasteiger partial charge in [0.15, 0.2) is 0 Å². The highest BCUT2D eigenvalue weighted by Crippen LogP contribution is 2.23. The van der Waals surface area contributed by atoms with E-state index in [9.17, 15) is 0 Å². The first-order valence-corrected chi connectivity index (χ1v) is 5.96. The summed E-state index contributed by atoms with van der Waals surface area (Å²) in [6, 6.07) is 0.383. The molecule has 0 aromatic heterocycles. The van der Waals surface area contributed by atoms with Crippen LogP contribution in [0.25, 0.3) is 0 Å². The molecule has 5 nitrogen and oxygen atoms in total. The lowest BCUT2D eigenvalue weighted by molar-refractivity contribution is 0.122. The van der Waals surface area contributed by atoms with Crippen LogP contribution in [0.2, 0.25) is 11.9 Å². The van der Waals surface area contributed by atoms with Gasteiger partial charge in [0.05, 0.1) is 0 Å². The standard InChI is InChI=1S/C6H17BO5Si/c1-6(7(8)9)5-13(10-2,11-3)12-4/h6,8-9H,5H2,1-4H3. The van der Waals surface area contributed by atoms with Gasteiger partial charge in [-0.05, 0) is 5.82 Å². The van der Waals surface area contributed by atoms with Crippen LogP contribution in [0.15, 0.2) is 0 Å². The fourth-order valence-corrected chi connectivity index (χ4v) is 3.00. The first kappa shape index (κ1) is 13.1. The Morgan fingerprint density at radius 2 is 1.54 bits per heavy atom. The predicted molar refractivity (Wildman–Crippen MR) is 51.2 cm³/mol. The summed E-state index contributed by atoms with van der Waals surface area (Å²) in [6.45, 7) is 1.70. The molecule has 1 atom stereocenters. The molecule has 0 rings (SSSR count). The summed E-state index contributed by atoms with van der Waals surface area (Å²) in [4.78, 5) is 0. The minimum atomic E-state index is -2.66. The Hall–Kier alpha value is 0.0818. The van der Waals surface area contributed by atoms with E-state index < -0.39 is 15.9 Å². The van der Waals surface area contributed by atoms with Crippen molar-refractivity contribution in [2.24, 2.45) is 0 Å². The highest BCUT2D eigenvalue weighted by atomic mass is 28.4. The van der Waals surface area contributed by atoms with Crippen LogP contribution in [-0.4, -0.2) is 47.3 Å². The summed E-state index contributed by atoms with van der Waals surface area (Å²) < 4.78 is 15.4. The SMILES string of the molecule is CO[Si](CC(C)B(O)O)(OC)OC. The molecule has 0 aromatic carbocycles. The Bertz CT molecular complexity index is 133. The monoisotopic (exact) mass is 208 g/mol. The molecule has 0 radical (unpaired) electrons. The molecule has 0 aliphatic rings. The van der Waals surface area contributed by atoms with Gasteiger partial charge in [-0.2, -0.15) is 0 Å². The van der Waals surface area contributed by atoms with E-state index in [1.807, 2.05) is 0 Å². The summed E-state index contributed by atoms with van der Waals surface area (Å²) in [5.41, 5.74) is 0. The molecular weight excluding hydrogens is 191 g/mol. The minimum absolute atomic E-state index is 0.327. The molecule has 7 heteroatoms. The van der Waals surface area contributed by atoms with Gasteiger partial charge in [-0.15, -0.1) is 0 Å². The molecule has 1 unspecified atom stereocenters. The van der Waals surface area contributed by atoms with Gasteiger partial charge in [0.25, 0.3) is 0 Å². The van der Waals surface area contributed by atoms with Crippen LogP contribution in [0.1, 0.15) is 6.92 Å². The zero-order chi connectivity index (χ0) is 10.5. The van der Waals surface area contributed by atoms with Gasteiger partial charge < -0.3 is 23.3 Å². The molecule has 13 heavy (non-hydrogen) atoms. The topological polar surface area (TPSA) is 68.2 Å². The van der Waals surface area contributed by atoms with Gasteiger partial charge in [0.1, 0.15) is 0 Å². The van der Waals surface area contributed by atoms with Crippen LogP contribution >= 0.6 is 0 Å². The van der Waals surface area contributed by atoms with Crippen molar-refractivity contribution >= 4 is 15.9 Å². The summed E-state index contributed by atoms with van der Waals surface area (Å²) in [5.74, 6) is -0.327. The van der Waals surface area contributed by atoms with Crippen LogP contribution in [0.3, 0.4) is 0 Å². The van der Waals surface area contributed by atoms with Gasteiger partial charge in [-0.25, -0.2) is 0 Å². The number of hydrogen-bond donors (Lipinski definition) is 2. The molecule has 0 fully saturated rings. The van der Waals surface area contributed by atoms with E-state index in [1.54, 1.807) is 6.92 Å². The third-order valence-electron chi connectivity index (χ3n) is 2.01. The molecule has 78 valence electrons. The molecular formula is C6H17BO5Si. The summed E-state index contributed by atoms with van der Waals surface area (Å²) in [7, 11) is 0.456. The molecule has 2 N–H and O–H groups in total. The van der Waals surface area contributed by atoms with Crippen molar-refractivity contribution in [3.63, 3.8) is 0 Å². The van der Waals surface area contributed by atoms with Crippen LogP contribution in [0.5, 0.6) is 0 Å². The smallest absolute Gasteiger partial charge is 0.427 e. The van der Waals surface area contributed by atoms with Gasteiger partial charge in [-0.3, -0.25) is 0 Å². The Morgan fingerprint density at radius 1 is 1.15 bits per heavy atom. The summed E-state index contributed by atoms with van der Waals surface area (Å²) >= 11 is 0. The van der Waals surface area contributed by atoms with Gasteiger partial charge in [0.2, 0.25) is 0 Å². The molecule has 0 aliphatic carbocycles. The average molecular weight is 208 g/mol. The first-order valence-electron chi connectivity index (χ1n) is 4.03. The van der Waals surface area contributed by atoms with Crippen molar-refractivity contribution in [3.8, 4) is 0 Å². The van der Waals surface area contributed by atoms with Crippen molar-refractivity contribution in [1.29, 1.82) is 0 Å². The van der Waals surface area contributed by atoms with Crippen molar-refractivity contribution in [3.05, 3.63) is 0 Å². The van der Waals surface area contributed by atoms with Crippen LogP contribution < -0.4 is 0 Å². The summed E-state index contributed by atoms with van der Waals surface area (Å²) in [5, 5.41) is 17.8. The van der Waals surface area contributed by atoms with E-state index in [4.69, 9.17) is 23.3 Å². The first-order chi connectivity index (χ1) is 6.01. The van der Waals surface area contributed by atoms with Crippen LogP contribution in [0.4, 0.5) is 0 Å². The van der Waals surface area contributed by atoms with Crippen LogP contribution in [-0.2, 0) is 13.3 Å². The third-order valence-corrected chi connectivity index (χ3v) is 5.02. The zero-order valence-corrected chi connectivity index (χ0v) is 9.48. The Labute approximate surface area is 80.1 Å². The van der Waals surface area contributed by atoms with Crippen molar-refractivity contribution < 1.29 is 23.3 Å². The lowest BCUT2D eigenvalue weighted by Gasteiger charge is -2.26. The van der Waals surface area contributed by atoms with Gasteiger partial charge in [0, 0.05) is 27.4 Å². The van der Waals surface area contributed by atoms with E-state index in [-0.39, 0.29) is 5.82 Å². The van der Waals surface area contributed by atoms with Crippen molar-refractivity contribution in [2.45, 2.75) is 18.8 Å². The maximum Gasteiger partial charge on any atom is 0.499 e. The van der Waals surface area contributed by atoms with Crippen LogP contribution in [0, 0.1) is 0 Å². The van der Waals surface area contributed by atoms with E-state index in [2.05, 4.69) is 0 Å². The lowest BCUT2D eigenvalue weighted by atomic mass is 9.76. The molecule has 0 saturated carbocycles. The lowest BCUT2D eigenvalue weighted by Crippen LogP contribution is -2.45.